The lowest BCUT2D eigenvalue weighted by atomic mass is 9.97. The topological polar surface area (TPSA) is 71.0 Å². The SMILES string of the molecule is CN=C(NCc1cccnc1OCCOC)NCC(c1cccs1)N1CCC(C)CC1.I. The third-order valence-electron chi connectivity index (χ3n) is 5.64. The molecule has 0 aromatic carbocycles. The summed E-state index contributed by atoms with van der Waals surface area (Å²) in [6, 6.07) is 8.67. The lowest BCUT2D eigenvalue weighted by Crippen LogP contribution is -2.44. The number of thiophene rings is 1. The van der Waals surface area contributed by atoms with E-state index in [9.17, 15) is 0 Å². The van der Waals surface area contributed by atoms with E-state index in [1.807, 2.05) is 23.5 Å². The van der Waals surface area contributed by atoms with Crippen LogP contribution in [0, 0.1) is 5.92 Å². The van der Waals surface area contributed by atoms with Crippen LogP contribution in [0.3, 0.4) is 0 Å². The van der Waals surface area contributed by atoms with E-state index in [1.54, 1.807) is 20.4 Å². The van der Waals surface area contributed by atoms with Crippen LogP contribution in [0.4, 0.5) is 0 Å². The van der Waals surface area contributed by atoms with Crippen molar-refractivity contribution in [2.75, 3.05) is 47.0 Å². The number of aromatic nitrogens is 1. The second-order valence-electron chi connectivity index (χ2n) is 7.87. The van der Waals surface area contributed by atoms with Gasteiger partial charge in [-0.05, 0) is 49.4 Å². The molecule has 7 nitrogen and oxygen atoms in total. The van der Waals surface area contributed by atoms with E-state index in [-0.39, 0.29) is 24.0 Å². The zero-order chi connectivity index (χ0) is 21.9. The van der Waals surface area contributed by atoms with E-state index in [2.05, 4.69) is 49.9 Å². The molecule has 1 atom stereocenters. The summed E-state index contributed by atoms with van der Waals surface area (Å²) in [7, 11) is 3.46. The van der Waals surface area contributed by atoms with Crippen molar-refractivity contribution < 1.29 is 9.47 Å². The fourth-order valence-corrected chi connectivity index (χ4v) is 4.59. The largest absolute Gasteiger partial charge is 0.475 e. The molecule has 178 valence electrons. The van der Waals surface area contributed by atoms with Crippen LogP contribution in [-0.2, 0) is 11.3 Å². The molecule has 1 fully saturated rings. The Balaban J connectivity index is 0.00000363. The first-order valence-corrected chi connectivity index (χ1v) is 11.9. The first-order valence-electron chi connectivity index (χ1n) is 11.0. The molecule has 0 radical (unpaired) electrons. The van der Waals surface area contributed by atoms with Gasteiger partial charge in [0.2, 0.25) is 5.88 Å². The fourth-order valence-electron chi connectivity index (χ4n) is 3.73. The van der Waals surface area contributed by atoms with Gasteiger partial charge in [-0.2, -0.15) is 0 Å². The maximum Gasteiger partial charge on any atom is 0.218 e. The van der Waals surface area contributed by atoms with Crippen LogP contribution in [-0.4, -0.2) is 62.8 Å². The Bertz CT molecular complexity index is 797. The molecule has 1 unspecified atom stereocenters. The second kappa shape index (κ2) is 14.7. The van der Waals surface area contributed by atoms with Crippen molar-refractivity contribution in [3.8, 4) is 5.88 Å². The normalized spacial score (nSPS) is 16.3. The van der Waals surface area contributed by atoms with Gasteiger partial charge in [0.15, 0.2) is 5.96 Å². The van der Waals surface area contributed by atoms with Gasteiger partial charge >= 0.3 is 0 Å². The molecule has 0 amide bonds. The summed E-state index contributed by atoms with van der Waals surface area (Å²) >= 11 is 1.83. The molecule has 9 heteroatoms. The molecule has 1 aliphatic rings. The average Bonchev–Trinajstić information content (AvgIpc) is 3.33. The van der Waals surface area contributed by atoms with Gasteiger partial charge in [0.1, 0.15) is 6.61 Å². The van der Waals surface area contributed by atoms with Crippen LogP contribution in [0.1, 0.15) is 36.2 Å². The number of aliphatic imine (C=N–C) groups is 1. The fraction of sp³-hybridized carbons (Fsp3) is 0.565. The molecule has 2 aromatic rings. The maximum absolute atomic E-state index is 5.74. The van der Waals surface area contributed by atoms with E-state index >= 15 is 0 Å². The molecule has 2 N–H and O–H groups in total. The Morgan fingerprint density at radius 2 is 2.06 bits per heavy atom. The van der Waals surface area contributed by atoms with Gasteiger partial charge in [-0.3, -0.25) is 9.89 Å². The van der Waals surface area contributed by atoms with Crippen molar-refractivity contribution in [3.63, 3.8) is 0 Å². The summed E-state index contributed by atoms with van der Waals surface area (Å²) < 4.78 is 10.8. The van der Waals surface area contributed by atoms with Crippen molar-refractivity contribution in [2.45, 2.75) is 32.4 Å². The molecule has 0 spiro atoms. The highest BCUT2D eigenvalue weighted by Gasteiger charge is 2.25. The van der Waals surface area contributed by atoms with Gasteiger partial charge in [0.25, 0.3) is 0 Å². The smallest absolute Gasteiger partial charge is 0.218 e. The van der Waals surface area contributed by atoms with Crippen LogP contribution >= 0.6 is 35.3 Å². The summed E-state index contributed by atoms with van der Waals surface area (Å²) in [6.45, 7) is 7.06. The molecule has 2 aromatic heterocycles. The number of rotatable bonds is 10. The van der Waals surface area contributed by atoms with E-state index in [4.69, 9.17) is 9.47 Å². The number of nitrogens with zero attached hydrogens (tertiary/aromatic N) is 3. The number of halogens is 1. The minimum Gasteiger partial charge on any atom is -0.475 e. The molecule has 32 heavy (non-hydrogen) atoms. The van der Waals surface area contributed by atoms with Gasteiger partial charge in [-0.1, -0.05) is 19.1 Å². The summed E-state index contributed by atoms with van der Waals surface area (Å²) in [5.41, 5.74) is 0.987. The molecule has 1 saturated heterocycles. The molecule has 0 bridgehead atoms. The Hall–Kier alpha value is -1.43. The van der Waals surface area contributed by atoms with Crippen LogP contribution in [0.15, 0.2) is 40.8 Å². The minimum atomic E-state index is 0. The predicted molar refractivity (Wildman–Crippen MR) is 142 cm³/mol. The Labute approximate surface area is 213 Å². The first kappa shape index (κ1) is 26.8. The Kier molecular flexibility index (Phi) is 12.3. The van der Waals surface area contributed by atoms with Crippen LogP contribution in [0.5, 0.6) is 5.88 Å². The molecule has 3 rings (SSSR count). The standard InChI is InChI=1S/C23H35N5O2S.HI/c1-18-8-11-28(12-9-18)20(21-7-5-15-31-21)17-27-23(24-2)26-16-19-6-4-10-25-22(19)30-14-13-29-3;/h4-7,10,15,18,20H,8-9,11-14,16-17H2,1-3H3,(H2,24,26,27);1H. The number of guanidine groups is 1. The zero-order valence-corrected chi connectivity index (χ0v) is 22.4. The van der Waals surface area contributed by atoms with Crippen molar-refractivity contribution in [3.05, 3.63) is 46.3 Å². The summed E-state index contributed by atoms with van der Waals surface area (Å²) in [5.74, 6) is 2.22. The highest BCUT2D eigenvalue weighted by molar-refractivity contribution is 14.0. The quantitative estimate of drug-likeness (QED) is 0.194. The zero-order valence-electron chi connectivity index (χ0n) is 19.3. The lowest BCUT2D eigenvalue weighted by Gasteiger charge is -2.36. The third-order valence-corrected chi connectivity index (χ3v) is 6.61. The van der Waals surface area contributed by atoms with E-state index in [0.717, 1.165) is 37.1 Å². The van der Waals surface area contributed by atoms with Crippen molar-refractivity contribution in [1.82, 2.24) is 20.5 Å². The minimum absolute atomic E-state index is 0. The predicted octanol–water partition coefficient (Wildman–Crippen LogP) is 3.92. The Morgan fingerprint density at radius 1 is 1.25 bits per heavy atom. The molecular formula is C23H36IN5O2S. The monoisotopic (exact) mass is 573 g/mol. The average molecular weight is 574 g/mol. The van der Waals surface area contributed by atoms with Crippen LogP contribution < -0.4 is 15.4 Å². The molecule has 0 saturated carbocycles. The molecular weight excluding hydrogens is 537 g/mol. The highest BCUT2D eigenvalue weighted by Crippen LogP contribution is 2.29. The summed E-state index contributed by atoms with van der Waals surface area (Å²) in [4.78, 5) is 12.8. The summed E-state index contributed by atoms with van der Waals surface area (Å²) in [5, 5.41) is 9.09. The van der Waals surface area contributed by atoms with Crippen molar-refractivity contribution in [2.24, 2.45) is 10.9 Å². The van der Waals surface area contributed by atoms with Crippen molar-refractivity contribution in [1.29, 1.82) is 0 Å². The number of hydrogen-bond acceptors (Lipinski definition) is 6. The number of ether oxygens (including phenoxy) is 2. The van der Waals surface area contributed by atoms with Crippen LogP contribution in [0.25, 0.3) is 0 Å². The maximum atomic E-state index is 5.74. The summed E-state index contributed by atoms with van der Waals surface area (Å²) in [6.07, 6.45) is 4.27. The van der Waals surface area contributed by atoms with Gasteiger partial charge in [-0.25, -0.2) is 4.98 Å². The number of methoxy groups -OCH3 is 1. The van der Waals surface area contributed by atoms with Gasteiger partial charge < -0.3 is 20.1 Å². The highest BCUT2D eigenvalue weighted by atomic mass is 127. The van der Waals surface area contributed by atoms with Gasteiger partial charge in [0.05, 0.1) is 12.6 Å². The van der Waals surface area contributed by atoms with Crippen LogP contribution in [0.2, 0.25) is 0 Å². The number of hydrogen-bond donors (Lipinski definition) is 2. The molecule has 3 heterocycles. The van der Waals surface area contributed by atoms with Gasteiger partial charge in [0, 0.05) is 43.9 Å². The van der Waals surface area contributed by atoms with Crippen molar-refractivity contribution >= 4 is 41.3 Å². The number of piperidine rings is 1. The molecule has 0 aliphatic carbocycles. The second-order valence-corrected chi connectivity index (χ2v) is 8.84. The van der Waals surface area contributed by atoms with E-state index < -0.39 is 0 Å². The van der Waals surface area contributed by atoms with Gasteiger partial charge in [-0.15, -0.1) is 35.3 Å². The van der Waals surface area contributed by atoms with E-state index in [0.29, 0.717) is 31.7 Å². The first-order chi connectivity index (χ1) is 15.2. The number of nitrogens with one attached hydrogen (secondary N) is 2. The molecule has 1 aliphatic heterocycles. The lowest BCUT2D eigenvalue weighted by molar-refractivity contribution is 0.140. The number of likely N-dealkylation sites (tertiary alicyclic amines) is 1. The number of pyridine rings is 1. The van der Waals surface area contributed by atoms with E-state index in [1.165, 1.54) is 17.7 Å². The third kappa shape index (κ3) is 8.17. The Morgan fingerprint density at radius 3 is 2.75 bits per heavy atom.